The standard InChI is InChI=1S/C8H10FN.C6H6FN.C2H6/c1-6(2)8-7(9)4-3-5-10-8;1-5-3-2-4-6(7)8-5;1-2/h3-6H,1-2H3;2-4H,1H3;1-2H3. The van der Waals surface area contributed by atoms with Gasteiger partial charge in [-0.25, -0.2) is 9.37 Å². The topological polar surface area (TPSA) is 25.8 Å². The van der Waals surface area contributed by atoms with Crippen molar-refractivity contribution < 1.29 is 8.78 Å². The Morgan fingerprint density at radius 1 is 1.00 bits per heavy atom. The van der Waals surface area contributed by atoms with Gasteiger partial charge in [0.1, 0.15) is 5.82 Å². The zero-order valence-electron chi connectivity index (χ0n) is 12.7. The summed E-state index contributed by atoms with van der Waals surface area (Å²) in [6.07, 6.45) is 1.61. The van der Waals surface area contributed by atoms with Crippen LogP contribution in [0.4, 0.5) is 8.78 Å². The molecule has 2 rings (SSSR count). The molecule has 2 nitrogen and oxygen atoms in total. The van der Waals surface area contributed by atoms with E-state index in [-0.39, 0.29) is 11.7 Å². The number of hydrogen-bond acceptors (Lipinski definition) is 2. The van der Waals surface area contributed by atoms with E-state index >= 15 is 0 Å². The van der Waals surface area contributed by atoms with E-state index in [1.807, 2.05) is 27.7 Å². The molecule has 4 heteroatoms. The first-order valence-corrected chi connectivity index (χ1v) is 6.70. The van der Waals surface area contributed by atoms with Gasteiger partial charge in [0.25, 0.3) is 0 Å². The third-order valence-corrected chi connectivity index (χ3v) is 2.19. The van der Waals surface area contributed by atoms with Gasteiger partial charge in [0, 0.05) is 11.9 Å². The molecule has 0 aliphatic rings. The van der Waals surface area contributed by atoms with Gasteiger partial charge >= 0.3 is 0 Å². The Morgan fingerprint density at radius 2 is 1.65 bits per heavy atom. The van der Waals surface area contributed by atoms with Crippen molar-refractivity contribution >= 4 is 0 Å². The SMILES string of the molecule is CC.CC(C)c1ncccc1F.Cc1cccc(F)n1. The minimum absolute atomic E-state index is 0.168. The second kappa shape index (κ2) is 10.0. The number of halogens is 2. The molecular weight excluding hydrogens is 258 g/mol. The molecule has 0 radical (unpaired) electrons. The van der Waals surface area contributed by atoms with Crippen LogP contribution in [0.3, 0.4) is 0 Å². The first kappa shape index (κ1) is 18.2. The number of aromatic nitrogens is 2. The maximum atomic E-state index is 12.8. The third kappa shape index (κ3) is 6.92. The monoisotopic (exact) mass is 280 g/mol. The van der Waals surface area contributed by atoms with E-state index < -0.39 is 5.95 Å². The van der Waals surface area contributed by atoms with Crippen LogP contribution in [-0.4, -0.2) is 9.97 Å². The minimum Gasteiger partial charge on any atom is -0.258 e. The predicted octanol–water partition coefficient (Wildman–Crippen LogP) is 4.90. The first-order chi connectivity index (χ1) is 9.50. The largest absolute Gasteiger partial charge is 0.258 e. The number of hydrogen-bond donors (Lipinski definition) is 0. The second-order valence-electron chi connectivity index (χ2n) is 4.13. The smallest absolute Gasteiger partial charge is 0.213 e. The van der Waals surface area contributed by atoms with E-state index in [0.717, 1.165) is 0 Å². The second-order valence-corrected chi connectivity index (χ2v) is 4.13. The molecule has 110 valence electrons. The van der Waals surface area contributed by atoms with E-state index in [1.54, 1.807) is 31.3 Å². The molecule has 0 unspecified atom stereocenters. The number of aryl methyl sites for hydroxylation is 1. The number of pyridine rings is 2. The molecule has 0 aliphatic carbocycles. The normalized spacial score (nSPS) is 9.20. The summed E-state index contributed by atoms with van der Waals surface area (Å²) >= 11 is 0. The van der Waals surface area contributed by atoms with E-state index in [0.29, 0.717) is 11.4 Å². The van der Waals surface area contributed by atoms with Crippen molar-refractivity contribution in [3.8, 4) is 0 Å². The van der Waals surface area contributed by atoms with Gasteiger partial charge in [0.05, 0.1) is 5.69 Å². The Bertz CT molecular complexity index is 482. The highest BCUT2D eigenvalue weighted by Gasteiger charge is 2.04. The molecule has 0 aliphatic heterocycles. The zero-order valence-corrected chi connectivity index (χ0v) is 12.7. The Kier molecular flexibility index (Phi) is 9.09. The fourth-order valence-corrected chi connectivity index (χ4v) is 1.33. The van der Waals surface area contributed by atoms with Crippen LogP contribution in [0.25, 0.3) is 0 Å². The summed E-state index contributed by atoms with van der Waals surface area (Å²) in [5, 5.41) is 0. The van der Waals surface area contributed by atoms with Crippen molar-refractivity contribution in [1.29, 1.82) is 0 Å². The van der Waals surface area contributed by atoms with Gasteiger partial charge in [-0.3, -0.25) is 4.98 Å². The molecule has 2 heterocycles. The van der Waals surface area contributed by atoms with Crippen LogP contribution in [0.2, 0.25) is 0 Å². The number of nitrogens with zero attached hydrogens (tertiary/aromatic N) is 2. The van der Waals surface area contributed by atoms with Crippen molar-refractivity contribution in [2.75, 3.05) is 0 Å². The molecular formula is C16H22F2N2. The minimum atomic E-state index is -0.412. The van der Waals surface area contributed by atoms with Gasteiger partial charge < -0.3 is 0 Å². The van der Waals surface area contributed by atoms with E-state index in [4.69, 9.17) is 0 Å². The van der Waals surface area contributed by atoms with Crippen LogP contribution in [0.5, 0.6) is 0 Å². The molecule has 0 N–H and O–H groups in total. The van der Waals surface area contributed by atoms with Crippen molar-refractivity contribution in [2.24, 2.45) is 0 Å². The molecule has 0 atom stereocenters. The quantitative estimate of drug-likeness (QED) is 0.694. The molecule has 0 saturated carbocycles. The van der Waals surface area contributed by atoms with E-state index in [2.05, 4.69) is 9.97 Å². The summed E-state index contributed by atoms with van der Waals surface area (Å²) in [4.78, 5) is 7.41. The van der Waals surface area contributed by atoms with Crippen LogP contribution in [0, 0.1) is 18.7 Å². The molecule has 0 bridgehead atoms. The van der Waals surface area contributed by atoms with Crippen molar-refractivity contribution in [1.82, 2.24) is 9.97 Å². The highest BCUT2D eigenvalue weighted by atomic mass is 19.1. The Balaban J connectivity index is 0.000000327. The van der Waals surface area contributed by atoms with Gasteiger partial charge in [-0.1, -0.05) is 33.8 Å². The molecule has 0 fully saturated rings. The van der Waals surface area contributed by atoms with Crippen molar-refractivity contribution in [3.63, 3.8) is 0 Å². The molecule has 2 aromatic rings. The first-order valence-electron chi connectivity index (χ1n) is 6.70. The summed E-state index contributed by atoms with van der Waals surface area (Å²) in [5.74, 6) is -0.455. The van der Waals surface area contributed by atoms with Crippen LogP contribution >= 0.6 is 0 Å². The van der Waals surface area contributed by atoms with Crippen molar-refractivity contribution in [2.45, 2.75) is 40.5 Å². The average molecular weight is 280 g/mol. The molecule has 20 heavy (non-hydrogen) atoms. The van der Waals surface area contributed by atoms with E-state index in [9.17, 15) is 8.78 Å². The number of rotatable bonds is 1. The van der Waals surface area contributed by atoms with Crippen LogP contribution in [-0.2, 0) is 0 Å². The lowest BCUT2D eigenvalue weighted by Gasteiger charge is -2.02. The van der Waals surface area contributed by atoms with Gasteiger partial charge in [0.2, 0.25) is 5.95 Å². The zero-order chi connectivity index (χ0) is 15.5. The third-order valence-electron chi connectivity index (χ3n) is 2.19. The summed E-state index contributed by atoms with van der Waals surface area (Å²) in [6, 6.07) is 7.75. The van der Waals surface area contributed by atoms with Crippen LogP contribution in [0.15, 0.2) is 36.5 Å². The summed E-state index contributed by atoms with van der Waals surface area (Å²) in [7, 11) is 0. The summed E-state index contributed by atoms with van der Waals surface area (Å²) in [6.45, 7) is 9.60. The predicted molar refractivity (Wildman–Crippen MR) is 78.6 cm³/mol. The van der Waals surface area contributed by atoms with Crippen LogP contribution in [0.1, 0.15) is 45.0 Å². The van der Waals surface area contributed by atoms with Gasteiger partial charge in [-0.15, -0.1) is 0 Å². The van der Waals surface area contributed by atoms with E-state index in [1.165, 1.54) is 12.1 Å². The Labute approximate surface area is 119 Å². The molecule has 2 aromatic heterocycles. The fraction of sp³-hybridized carbons (Fsp3) is 0.375. The lowest BCUT2D eigenvalue weighted by atomic mass is 10.1. The van der Waals surface area contributed by atoms with Crippen molar-refractivity contribution in [3.05, 3.63) is 59.7 Å². The highest BCUT2D eigenvalue weighted by molar-refractivity contribution is 5.10. The maximum Gasteiger partial charge on any atom is 0.213 e. The molecule has 0 saturated heterocycles. The maximum absolute atomic E-state index is 12.8. The molecule has 0 spiro atoms. The lowest BCUT2D eigenvalue weighted by molar-refractivity contribution is 0.580. The Hall–Kier alpha value is -1.84. The summed E-state index contributed by atoms with van der Waals surface area (Å²) in [5.41, 5.74) is 1.26. The van der Waals surface area contributed by atoms with Gasteiger partial charge in [-0.2, -0.15) is 4.39 Å². The highest BCUT2D eigenvalue weighted by Crippen LogP contribution is 2.13. The fourth-order valence-electron chi connectivity index (χ4n) is 1.33. The average Bonchev–Trinajstić information content (AvgIpc) is 2.41. The lowest BCUT2D eigenvalue weighted by Crippen LogP contribution is -1.95. The van der Waals surface area contributed by atoms with Crippen LogP contribution < -0.4 is 0 Å². The molecule has 0 aromatic carbocycles. The Morgan fingerprint density at radius 3 is 2.00 bits per heavy atom. The molecule has 0 amide bonds. The summed E-state index contributed by atoms with van der Waals surface area (Å²) < 4.78 is 24.8. The van der Waals surface area contributed by atoms with Gasteiger partial charge in [-0.05, 0) is 37.1 Å². The van der Waals surface area contributed by atoms with Gasteiger partial charge in [0.15, 0.2) is 0 Å².